The molecule has 1 aromatic carbocycles. The quantitative estimate of drug-likeness (QED) is 0.902. The molecule has 1 N–H and O–H groups in total. The number of carbonyl (C=O) groups is 1. The van der Waals surface area contributed by atoms with Crippen molar-refractivity contribution in [3.8, 4) is 5.75 Å². The van der Waals surface area contributed by atoms with Crippen LogP contribution in [0.4, 0.5) is 0 Å². The second-order valence-electron chi connectivity index (χ2n) is 4.36. The Labute approximate surface area is 105 Å². The van der Waals surface area contributed by atoms with Crippen LogP contribution in [0, 0.1) is 13.8 Å². The van der Waals surface area contributed by atoms with Gasteiger partial charge in [0.05, 0.1) is 19.0 Å². The fourth-order valence-electron chi connectivity index (χ4n) is 2.12. The van der Waals surface area contributed by atoms with E-state index in [2.05, 4.69) is 4.98 Å². The van der Waals surface area contributed by atoms with Crippen molar-refractivity contribution in [2.24, 2.45) is 0 Å². The lowest BCUT2D eigenvalue weighted by Crippen LogP contribution is -2.03. The predicted molar refractivity (Wildman–Crippen MR) is 69.1 cm³/mol. The van der Waals surface area contributed by atoms with E-state index in [9.17, 15) is 4.79 Å². The second kappa shape index (κ2) is 4.64. The molecule has 0 aliphatic rings. The molecule has 0 saturated heterocycles. The van der Waals surface area contributed by atoms with E-state index in [-0.39, 0.29) is 6.42 Å². The number of hydrogen-bond acceptors (Lipinski definition) is 3. The highest BCUT2D eigenvalue weighted by Gasteiger charge is 2.12. The van der Waals surface area contributed by atoms with Crippen molar-refractivity contribution in [1.29, 1.82) is 0 Å². The third-order valence-electron chi connectivity index (χ3n) is 2.79. The van der Waals surface area contributed by atoms with Crippen LogP contribution in [0.2, 0.25) is 0 Å². The lowest BCUT2D eigenvalue weighted by molar-refractivity contribution is -0.136. The molecule has 1 aromatic heterocycles. The minimum absolute atomic E-state index is 0.0300. The number of aliphatic carboxylic acids is 1. The highest BCUT2D eigenvalue weighted by atomic mass is 16.5. The van der Waals surface area contributed by atoms with Gasteiger partial charge in [-0.05, 0) is 31.0 Å². The van der Waals surface area contributed by atoms with Gasteiger partial charge in [-0.25, -0.2) is 0 Å². The van der Waals surface area contributed by atoms with Gasteiger partial charge in [-0.3, -0.25) is 9.78 Å². The number of aryl methyl sites for hydroxylation is 2. The number of rotatable bonds is 3. The van der Waals surface area contributed by atoms with Crippen LogP contribution in [0.25, 0.3) is 10.9 Å². The van der Waals surface area contributed by atoms with Crippen LogP contribution in [-0.2, 0) is 11.2 Å². The second-order valence-corrected chi connectivity index (χ2v) is 4.36. The van der Waals surface area contributed by atoms with Crippen LogP contribution in [0.5, 0.6) is 5.75 Å². The SMILES string of the molecule is COc1cc(C)nc2c(CC(=O)O)cc(C)cc12. The molecule has 94 valence electrons. The first kappa shape index (κ1) is 12.4. The number of hydrogen-bond donors (Lipinski definition) is 1. The lowest BCUT2D eigenvalue weighted by Gasteiger charge is -2.11. The number of nitrogens with zero attached hydrogens (tertiary/aromatic N) is 1. The average molecular weight is 245 g/mol. The van der Waals surface area contributed by atoms with E-state index in [0.29, 0.717) is 5.52 Å². The summed E-state index contributed by atoms with van der Waals surface area (Å²) in [5, 5.41) is 9.81. The summed E-state index contributed by atoms with van der Waals surface area (Å²) in [6.45, 7) is 3.80. The number of carboxylic acids is 1. The van der Waals surface area contributed by atoms with Gasteiger partial charge in [-0.1, -0.05) is 6.07 Å². The number of carboxylic acid groups (broad SMARTS) is 1. The zero-order chi connectivity index (χ0) is 13.3. The molecule has 2 rings (SSSR count). The zero-order valence-corrected chi connectivity index (χ0v) is 10.7. The maximum atomic E-state index is 10.9. The minimum atomic E-state index is -0.857. The first-order valence-electron chi connectivity index (χ1n) is 5.68. The summed E-state index contributed by atoms with van der Waals surface area (Å²) in [5.74, 6) is -0.128. The smallest absolute Gasteiger partial charge is 0.307 e. The molecule has 0 atom stereocenters. The summed E-state index contributed by atoms with van der Waals surface area (Å²) in [4.78, 5) is 15.3. The van der Waals surface area contributed by atoms with Crippen LogP contribution in [0.3, 0.4) is 0 Å². The average Bonchev–Trinajstić information content (AvgIpc) is 2.28. The molecule has 0 radical (unpaired) electrons. The Bertz CT molecular complexity index is 620. The number of fused-ring (bicyclic) bond motifs is 1. The zero-order valence-electron chi connectivity index (χ0n) is 10.7. The highest BCUT2D eigenvalue weighted by molar-refractivity contribution is 5.90. The maximum Gasteiger partial charge on any atom is 0.307 e. The van der Waals surface area contributed by atoms with Crippen LogP contribution in [0.1, 0.15) is 16.8 Å². The highest BCUT2D eigenvalue weighted by Crippen LogP contribution is 2.29. The van der Waals surface area contributed by atoms with Gasteiger partial charge in [0.2, 0.25) is 0 Å². The summed E-state index contributed by atoms with van der Waals surface area (Å²) in [5.41, 5.74) is 3.25. The third kappa shape index (κ3) is 2.27. The van der Waals surface area contributed by atoms with E-state index in [1.165, 1.54) is 0 Å². The van der Waals surface area contributed by atoms with E-state index < -0.39 is 5.97 Å². The van der Waals surface area contributed by atoms with Crippen molar-refractivity contribution in [3.05, 3.63) is 35.0 Å². The minimum Gasteiger partial charge on any atom is -0.496 e. The standard InChI is InChI=1S/C14H15NO3/c1-8-4-10(7-13(16)17)14-11(5-8)12(18-3)6-9(2)15-14/h4-6H,7H2,1-3H3,(H,16,17). The summed E-state index contributed by atoms with van der Waals surface area (Å²) in [6.07, 6.45) is -0.0300. The largest absolute Gasteiger partial charge is 0.496 e. The van der Waals surface area contributed by atoms with Gasteiger partial charge >= 0.3 is 5.97 Å². The number of pyridine rings is 1. The van der Waals surface area contributed by atoms with Gasteiger partial charge in [-0.15, -0.1) is 0 Å². The molecule has 18 heavy (non-hydrogen) atoms. The van der Waals surface area contributed by atoms with Crippen molar-refractivity contribution in [2.75, 3.05) is 7.11 Å². The fourth-order valence-corrected chi connectivity index (χ4v) is 2.12. The van der Waals surface area contributed by atoms with E-state index in [1.807, 2.05) is 32.0 Å². The Balaban J connectivity index is 2.77. The molecule has 4 nitrogen and oxygen atoms in total. The van der Waals surface area contributed by atoms with Crippen molar-refractivity contribution >= 4 is 16.9 Å². The maximum absolute atomic E-state index is 10.9. The normalized spacial score (nSPS) is 10.6. The monoisotopic (exact) mass is 245 g/mol. The van der Waals surface area contributed by atoms with Gasteiger partial charge < -0.3 is 9.84 Å². The van der Waals surface area contributed by atoms with Gasteiger partial charge in [0.15, 0.2) is 0 Å². The van der Waals surface area contributed by atoms with Crippen LogP contribution in [0.15, 0.2) is 18.2 Å². The van der Waals surface area contributed by atoms with Crippen molar-refractivity contribution < 1.29 is 14.6 Å². The Hall–Kier alpha value is -2.10. The number of methoxy groups -OCH3 is 1. The molecule has 0 saturated carbocycles. The topological polar surface area (TPSA) is 59.4 Å². The molecule has 0 aliphatic heterocycles. The molecule has 4 heteroatoms. The Morgan fingerprint density at radius 3 is 2.67 bits per heavy atom. The molecule has 0 bridgehead atoms. The molecule has 0 spiro atoms. The van der Waals surface area contributed by atoms with Gasteiger partial charge in [0.1, 0.15) is 5.75 Å². The molecule has 2 aromatic rings. The Morgan fingerprint density at radius 2 is 2.06 bits per heavy atom. The van der Waals surface area contributed by atoms with Crippen LogP contribution < -0.4 is 4.74 Å². The van der Waals surface area contributed by atoms with Gasteiger partial charge in [0, 0.05) is 17.1 Å². The van der Waals surface area contributed by atoms with Gasteiger partial charge in [-0.2, -0.15) is 0 Å². The summed E-state index contributed by atoms with van der Waals surface area (Å²) >= 11 is 0. The Kier molecular flexibility index (Phi) is 3.19. The molecule has 0 aliphatic carbocycles. The first-order chi connectivity index (χ1) is 8.51. The number of benzene rings is 1. The lowest BCUT2D eigenvalue weighted by atomic mass is 10.0. The van der Waals surface area contributed by atoms with Crippen molar-refractivity contribution in [3.63, 3.8) is 0 Å². The van der Waals surface area contributed by atoms with Crippen molar-refractivity contribution in [2.45, 2.75) is 20.3 Å². The van der Waals surface area contributed by atoms with E-state index in [4.69, 9.17) is 9.84 Å². The van der Waals surface area contributed by atoms with Crippen molar-refractivity contribution in [1.82, 2.24) is 4.98 Å². The molecule has 1 heterocycles. The third-order valence-corrected chi connectivity index (χ3v) is 2.79. The molecule has 0 amide bonds. The van der Waals surface area contributed by atoms with E-state index in [0.717, 1.165) is 28.0 Å². The Morgan fingerprint density at radius 1 is 1.33 bits per heavy atom. The molecular formula is C14H15NO3. The summed E-state index contributed by atoms with van der Waals surface area (Å²) < 4.78 is 5.34. The first-order valence-corrected chi connectivity index (χ1v) is 5.68. The fraction of sp³-hybridized carbons (Fsp3) is 0.286. The van der Waals surface area contributed by atoms with E-state index in [1.54, 1.807) is 7.11 Å². The van der Waals surface area contributed by atoms with Gasteiger partial charge in [0.25, 0.3) is 0 Å². The van der Waals surface area contributed by atoms with Crippen LogP contribution in [-0.4, -0.2) is 23.2 Å². The number of ether oxygens (including phenoxy) is 1. The summed E-state index contributed by atoms with van der Waals surface area (Å²) in [6, 6.07) is 5.68. The van der Waals surface area contributed by atoms with Crippen LogP contribution >= 0.6 is 0 Å². The summed E-state index contributed by atoms with van der Waals surface area (Å²) in [7, 11) is 1.60. The molecular weight excluding hydrogens is 230 g/mol. The predicted octanol–water partition coefficient (Wildman–Crippen LogP) is 2.49. The van der Waals surface area contributed by atoms with E-state index >= 15 is 0 Å². The molecule has 0 unspecified atom stereocenters. The molecule has 0 fully saturated rings. The number of aromatic nitrogens is 1.